The van der Waals surface area contributed by atoms with Gasteiger partial charge in [-0.05, 0) is 46.4 Å². The van der Waals surface area contributed by atoms with Gasteiger partial charge in [-0.1, -0.05) is 60.4 Å². The summed E-state index contributed by atoms with van der Waals surface area (Å²) in [7, 11) is 0. The zero-order valence-electron chi connectivity index (χ0n) is 12.3. The lowest BCUT2D eigenvalue weighted by molar-refractivity contribution is 0.238. The highest BCUT2D eigenvalue weighted by Crippen LogP contribution is 2.17. The standard InChI is InChI=1S/C21H13FO/c22-19-14-12-18(13-15-19)21(23)11-4-2-7-17-9-5-8-16-6-1-3-10-20(16)17/h1,3,5-6,8-10,12-15,21,23H. The summed E-state index contributed by atoms with van der Waals surface area (Å²) in [6.45, 7) is 0. The van der Waals surface area contributed by atoms with Crippen LogP contribution in [0.5, 0.6) is 0 Å². The van der Waals surface area contributed by atoms with E-state index in [4.69, 9.17) is 0 Å². The lowest BCUT2D eigenvalue weighted by Gasteiger charge is -2.01. The second-order valence-electron chi connectivity index (χ2n) is 5.00. The monoisotopic (exact) mass is 300 g/mol. The van der Waals surface area contributed by atoms with Crippen LogP contribution in [-0.4, -0.2) is 5.11 Å². The number of halogens is 1. The Morgan fingerprint density at radius 2 is 1.57 bits per heavy atom. The van der Waals surface area contributed by atoms with Crippen molar-refractivity contribution in [1.29, 1.82) is 0 Å². The Kier molecular flexibility index (Phi) is 4.39. The molecule has 0 spiro atoms. The number of rotatable bonds is 1. The topological polar surface area (TPSA) is 20.2 Å². The molecule has 0 amide bonds. The summed E-state index contributed by atoms with van der Waals surface area (Å²) in [5.74, 6) is 10.7. The molecule has 1 N–H and O–H groups in total. The molecule has 3 aromatic carbocycles. The molecule has 110 valence electrons. The van der Waals surface area contributed by atoms with E-state index < -0.39 is 6.10 Å². The molecular formula is C21H13FO. The van der Waals surface area contributed by atoms with Crippen LogP contribution < -0.4 is 0 Å². The molecule has 0 saturated carbocycles. The SMILES string of the molecule is OC(C#CC#Cc1cccc2ccccc12)c1ccc(F)cc1. The molecule has 0 aliphatic rings. The summed E-state index contributed by atoms with van der Waals surface area (Å²) < 4.78 is 12.8. The molecule has 1 unspecified atom stereocenters. The third-order valence-electron chi connectivity index (χ3n) is 3.44. The van der Waals surface area contributed by atoms with Gasteiger partial charge in [-0.25, -0.2) is 4.39 Å². The minimum absolute atomic E-state index is 0.343. The van der Waals surface area contributed by atoms with Crippen molar-refractivity contribution in [3.8, 4) is 23.7 Å². The predicted molar refractivity (Wildman–Crippen MR) is 90.0 cm³/mol. The van der Waals surface area contributed by atoms with E-state index in [0.717, 1.165) is 16.3 Å². The number of aliphatic hydroxyl groups excluding tert-OH is 1. The summed E-state index contributed by atoms with van der Waals surface area (Å²) in [4.78, 5) is 0. The van der Waals surface area contributed by atoms with E-state index in [9.17, 15) is 9.50 Å². The zero-order chi connectivity index (χ0) is 16.1. The fraction of sp³-hybridized carbons (Fsp3) is 0.0476. The Balaban J connectivity index is 1.81. The molecule has 0 heterocycles. The van der Waals surface area contributed by atoms with Crippen molar-refractivity contribution >= 4 is 10.8 Å². The van der Waals surface area contributed by atoms with Gasteiger partial charge in [-0.2, -0.15) is 0 Å². The van der Waals surface area contributed by atoms with Crippen LogP contribution in [0.15, 0.2) is 66.7 Å². The normalized spacial score (nSPS) is 11.0. The second-order valence-corrected chi connectivity index (χ2v) is 5.00. The first-order valence-corrected chi connectivity index (χ1v) is 7.17. The number of aliphatic hydroxyl groups is 1. The van der Waals surface area contributed by atoms with E-state index >= 15 is 0 Å². The number of hydrogen-bond donors (Lipinski definition) is 1. The molecule has 0 radical (unpaired) electrons. The highest BCUT2D eigenvalue weighted by atomic mass is 19.1. The molecule has 1 nitrogen and oxygen atoms in total. The van der Waals surface area contributed by atoms with Gasteiger partial charge in [0.15, 0.2) is 0 Å². The number of hydrogen-bond acceptors (Lipinski definition) is 1. The van der Waals surface area contributed by atoms with Gasteiger partial charge in [0, 0.05) is 5.56 Å². The van der Waals surface area contributed by atoms with Crippen molar-refractivity contribution < 1.29 is 9.50 Å². The molecular weight excluding hydrogens is 287 g/mol. The average molecular weight is 300 g/mol. The number of fused-ring (bicyclic) bond motifs is 1. The summed E-state index contributed by atoms with van der Waals surface area (Å²) >= 11 is 0. The van der Waals surface area contributed by atoms with Crippen LogP contribution in [0.2, 0.25) is 0 Å². The van der Waals surface area contributed by atoms with Gasteiger partial charge in [0.2, 0.25) is 0 Å². The number of benzene rings is 3. The molecule has 0 aliphatic carbocycles. The third-order valence-corrected chi connectivity index (χ3v) is 3.44. The van der Waals surface area contributed by atoms with Crippen molar-refractivity contribution in [2.75, 3.05) is 0 Å². The van der Waals surface area contributed by atoms with E-state index in [0.29, 0.717) is 5.56 Å². The first-order chi connectivity index (χ1) is 11.2. The van der Waals surface area contributed by atoms with Gasteiger partial charge in [-0.3, -0.25) is 0 Å². The first kappa shape index (κ1) is 14.9. The van der Waals surface area contributed by atoms with Gasteiger partial charge in [-0.15, -0.1) is 0 Å². The summed E-state index contributed by atoms with van der Waals surface area (Å²) in [5.41, 5.74) is 1.44. The lowest BCUT2D eigenvalue weighted by atomic mass is 10.1. The van der Waals surface area contributed by atoms with Crippen molar-refractivity contribution in [1.82, 2.24) is 0 Å². The van der Waals surface area contributed by atoms with Crippen LogP contribution in [0.25, 0.3) is 10.8 Å². The Morgan fingerprint density at radius 3 is 2.39 bits per heavy atom. The molecule has 3 aromatic rings. The van der Waals surface area contributed by atoms with E-state index in [1.165, 1.54) is 24.3 Å². The Bertz CT molecular complexity index is 945. The van der Waals surface area contributed by atoms with E-state index in [2.05, 4.69) is 23.7 Å². The van der Waals surface area contributed by atoms with Crippen molar-refractivity contribution in [3.63, 3.8) is 0 Å². The molecule has 3 rings (SSSR count). The van der Waals surface area contributed by atoms with Crippen molar-refractivity contribution in [2.45, 2.75) is 6.10 Å². The zero-order valence-corrected chi connectivity index (χ0v) is 12.3. The van der Waals surface area contributed by atoms with E-state index in [1.807, 2.05) is 42.5 Å². The van der Waals surface area contributed by atoms with Gasteiger partial charge in [0.1, 0.15) is 11.9 Å². The molecule has 0 fully saturated rings. The molecule has 0 bridgehead atoms. The third kappa shape index (κ3) is 3.58. The average Bonchev–Trinajstić information content (AvgIpc) is 2.59. The summed E-state index contributed by atoms with van der Waals surface area (Å²) in [5, 5.41) is 12.1. The smallest absolute Gasteiger partial charge is 0.141 e. The highest BCUT2D eigenvalue weighted by molar-refractivity contribution is 5.88. The largest absolute Gasteiger partial charge is 0.376 e. The maximum atomic E-state index is 12.8. The van der Waals surface area contributed by atoms with Crippen LogP contribution in [0.3, 0.4) is 0 Å². The summed E-state index contributed by atoms with van der Waals surface area (Å²) in [6, 6.07) is 19.5. The van der Waals surface area contributed by atoms with Gasteiger partial charge in [0.25, 0.3) is 0 Å². The van der Waals surface area contributed by atoms with Crippen LogP contribution in [0.4, 0.5) is 4.39 Å². The Morgan fingerprint density at radius 1 is 0.826 bits per heavy atom. The summed E-state index contributed by atoms with van der Waals surface area (Å²) in [6.07, 6.45) is -0.975. The van der Waals surface area contributed by atoms with Gasteiger partial charge >= 0.3 is 0 Å². The molecule has 23 heavy (non-hydrogen) atoms. The Labute approximate surface area is 134 Å². The van der Waals surface area contributed by atoms with Crippen molar-refractivity contribution in [3.05, 3.63) is 83.7 Å². The second kappa shape index (κ2) is 6.79. The highest BCUT2D eigenvalue weighted by Gasteiger charge is 2.02. The molecule has 0 aromatic heterocycles. The van der Waals surface area contributed by atoms with Gasteiger partial charge in [0.05, 0.1) is 0 Å². The van der Waals surface area contributed by atoms with E-state index in [1.54, 1.807) is 0 Å². The van der Waals surface area contributed by atoms with Crippen molar-refractivity contribution in [2.24, 2.45) is 0 Å². The molecule has 2 heteroatoms. The molecule has 0 aliphatic heterocycles. The quantitative estimate of drug-likeness (QED) is 0.672. The minimum atomic E-state index is -0.975. The maximum absolute atomic E-state index is 12.8. The maximum Gasteiger partial charge on any atom is 0.141 e. The first-order valence-electron chi connectivity index (χ1n) is 7.17. The fourth-order valence-electron chi connectivity index (χ4n) is 2.27. The Hall–Kier alpha value is -3.07. The van der Waals surface area contributed by atoms with Crippen LogP contribution in [0.1, 0.15) is 17.2 Å². The van der Waals surface area contributed by atoms with Gasteiger partial charge < -0.3 is 5.11 Å². The fourth-order valence-corrected chi connectivity index (χ4v) is 2.27. The lowest BCUT2D eigenvalue weighted by Crippen LogP contribution is -1.93. The molecule has 1 atom stereocenters. The minimum Gasteiger partial charge on any atom is -0.376 e. The molecule has 0 saturated heterocycles. The van der Waals surface area contributed by atoms with Crippen LogP contribution >= 0.6 is 0 Å². The van der Waals surface area contributed by atoms with Crippen LogP contribution in [0, 0.1) is 29.5 Å². The van der Waals surface area contributed by atoms with E-state index in [-0.39, 0.29) is 5.82 Å². The van der Waals surface area contributed by atoms with Crippen LogP contribution in [-0.2, 0) is 0 Å². The predicted octanol–water partition coefficient (Wildman–Crippen LogP) is 4.07.